The molecule has 1 N–H and O–H groups in total. The van der Waals surface area contributed by atoms with Crippen LogP contribution >= 0.6 is 0 Å². The molecule has 0 saturated heterocycles. The van der Waals surface area contributed by atoms with E-state index < -0.39 is 18.2 Å². The van der Waals surface area contributed by atoms with Crippen molar-refractivity contribution in [1.29, 1.82) is 0 Å². The van der Waals surface area contributed by atoms with Gasteiger partial charge in [-0.2, -0.15) is 0 Å². The quantitative estimate of drug-likeness (QED) is 0.739. The van der Waals surface area contributed by atoms with Gasteiger partial charge in [0.05, 0.1) is 6.10 Å². The summed E-state index contributed by atoms with van der Waals surface area (Å²) in [4.78, 5) is 0. The van der Waals surface area contributed by atoms with Gasteiger partial charge in [0.25, 0.3) is 0 Å². The van der Waals surface area contributed by atoms with E-state index in [1.54, 1.807) is 6.07 Å². The molecule has 1 aromatic rings. The van der Waals surface area contributed by atoms with Gasteiger partial charge >= 0.3 is 0 Å². The first kappa shape index (κ1) is 15.9. The molecule has 0 bridgehead atoms. The summed E-state index contributed by atoms with van der Waals surface area (Å²) >= 11 is 0. The fourth-order valence-electron chi connectivity index (χ4n) is 1.62. The van der Waals surface area contributed by atoms with E-state index in [1.165, 1.54) is 19.1 Å². The van der Waals surface area contributed by atoms with Crippen LogP contribution < -0.4 is 4.74 Å². The Morgan fingerprint density at radius 3 is 2.32 bits per heavy atom. The molecule has 108 valence electrons. The maximum Gasteiger partial charge on any atom is 0.191 e. The lowest BCUT2D eigenvalue weighted by atomic mass is 10.1. The lowest BCUT2D eigenvalue weighted by molar-refractivity contribution is -0.152. The number of hydrogen-bond donors (Lipinski definition) is 1. The standard InChI is InChI=1S/C14H21FO4/c1-4-17-14(18-5-2)9-19-11-6-7-12(10(3)16)13(15)8-11/h6-8,10,14,16H,4-5,9H2,1-3H3/t10-/m0/s1. The highest BCUT2D eigenvalue weighted by Crippen LogP contribution is 2.21. The number of ether oxygens (including phenoxy) is 3. The van der Waals surface area contributed by atoms with Crippen molar-refractivity contribution in [3.63, 3.8) is 0 Å². The largest absolute Gasteiger partial charge is 0.488 e. The number of aliphatic hydroxyl groups is 1. The molecule has 1 aromatic carbocycles. The predicted octanol–water partition coefficient (Wildman–Crippen LogP) is 2.66. The Labute approximate surface area is 113 Å². The van der Waals surface area contributed by atoms with Crippen molar-refractivity contribution in [3.05, 3.63) is 29.6 Å². The van der Waals surface area contributed by atoms with Crippen molar-refractivity contribution in [2.24, 2.45) is 0 Å². The Bertz CT molecular complexity index is 376. The van der Waals surface area contributed by atoms with Crippen molar-refractivity contribution in [2.45, 2.75) is 33.2 Å². The first-order valence-corrected chi connectivity index (χ1v) is 6.42. The molecule has 0 aliphatic heterocycles. The van der Waals surface area contributed by atoms with Crippen molar-refractivity contribution in [3.8, 4) is 5.75 Å². The zero-order valence-electron chi connectivity index (χ0n) is 11.6. The topological polar surface area (TPSA) is 47.9 Å². The van der Waals surface area contributed by atoms with Gasteiger partial charge in [-0.05, 0) is 32.9 Å². The second-order valence-electron chi connectivity index (χ2n) is 4.01. The molecule has 0 aliphatic carbocycles. The summed E-state index contributed by atoms with van der Waals surface area (Å²) < 4.78 is 29.7. The van der Waals surface area contributed by atoms with Crippen LogP contribution in [0, 0.1) is 5.82 Å². The van der Waals surface area contributed by atoms with Gasteiger partial charge in [-0.25, -0.2) is 4.39 Å². The minimum atomic E-state index is -0.839. The van der Waals surface area contributed by atoms with E-state index in [-0.39, 0.29) is 12.2 Å². The molecular formula is C14H21FO4. The molecule has 0 saturated carbocycles. The van der Waals surface area contributed by atoms with Crippen LogP contribution in [0.3, 0.4) is 0 Å². The minimum Gasteiger partial charge on any atom is -0.488 e. The average Bonchev–Trinajstić information content (AvgIpc) is 2.36. The first-order valence-electron chi connectivity index (χ1n) is 6.42. The van der Waals surface area contributed by atoms with Crippen molar-refractivity contribution < 1.29 is 23.7 Å². The summed E-state index contributed by atoms with van der Waals surface area (Å²) in [5, 5.41) is 9.33. The van der Waals surface area contributed by atoms with E-state index in [9.17, 15) is 9.50 Å². The van der Waals surface area contributed by atoms with Crippen LogP contribution in [-0.2, 0) is 9.47 Å². The maximum atomic E-state index is 13.6. The SMILES string of the molecule is CCOC(COc1ccc([C@H](C)O)c(F)c1)OCC. The normalized spacial score (nSPS) is 12.7. The molecule has 0 spiro atoms. The summed E-state index contributed by atoms with van der Waals surface area (Å²) in [7, 11) is 0. The lowest BCUT2D eigenvalue weighted by Crippen LogP contribution is -2.25. The number of rotatable bonds is 8. The van der Waals surface area contributed by atoms with E-state index >= 15 is 0 Å². The Balaban J connectivity index is 2.59. The number of aliphatic hydroxyl groups excluding tert-OH is 1. The van der Waals surface area contributed by atoms with Crippen LogP contribution in [0.5, 0.6) is 5.75 Å². The average molecular weight is 272 g/mol. The van der Waals surface area contributed by atoms with Crippen LogP contribution in [0.4, 0.5) is 4.39 Å². The molecule has 1 rings (SSSR count). The zero-order valence-corrected chi connectivity index (χ0v) is 11.6. The molecule has 0 aliphatic rings. The van der Waals surface area contributed by atoms with Crippen molar-refractivity contribution >= 4 is 0 Å². The van der Waals surface area contributed by atoms with Gasteiger partial charge in [-0.1, -0.05) is 0 Å². The Kier molecular flexibility index (Phi) is 6.77. The smallest absolute Gasteiger partial charge is 0.191 e. The Hall–Kier alpha value is -1.17. The molecule has 0 radical (unpaired) electrons. The van der Waals surface area contributed by atoms with E-state index in [4.69, 9.17) is 14.2 Å². The van der Waals surface area contributed by atoms with Gasteiger partial charge in [-0.15, -0.1) is 0 Å². The number of benzene rings is 1. The predicted molar refractivity (Wildman–Crippen MR) is 69.6 cm³/mol. The zero-order chi connectivity index (χ0) is 14.3. The van der Waals surface area contributed by atoms with E-state index in [0.717, 1.165) is 0 Å². The molecule has 0 amide bonds. The highest BCUT2D eigenvalue weighted by Gasteiger charge is 2.12. The van der Waals surface area contributed by atoms with Gasteiger partial charge in [0.15, 0.2) is 6.29 Å². The van der Waals surface area contributed by atoms with Gasteiger partial charge in [0.1, 0.15) is 18.2 Å². The van der Waals surface area contributed by atoms with Crippen LogP contribution in [0.1, 0.15) is 32.4 Å². The van der Waals surface area contributed by atoms with Gasteiger partial charge < -0.3 is 19.3 Å². The van der Waals surface area contributed by atoms with E-state index in [0.29, 0.717) is 19.0 Å². The lowest BCUT2D eigenvalue weighted by Gasteiger charge is -2.17. The van der Waals surface area contributed by atoms with Crippen LogP contribution in [-0.4, -0.2) is 31.2 Å². The fourth-order valence-corrected chi connectivity index (χ4v) is 1.62. The van der Waals surface area contributed by atoms with Crippen molar-refractivity contribution in [2.75, 3.05) is 19.8 Å². The van der Waals surface area contributed by atoms with Gasteiger partial charge in [0, 0.05) is 24.8 Å². The molecular weight excluding hydrogens is 251 g/mol. The summed E-state index contributed by atoms with van der Waals surface area (Å²) in [5.74, 6) is -0.108. The van der Waals surface area contributed by atoms with E-state index in [2.05, 4.69) is 0 Å². The fraction of sp³-hybridized carbons (Fsp3) is 0.571. The summed E-state index contributed by atoms with van der Waals surface area (Å²) in [5.41, 5.74) is 0.249. The highest BCUT2D eigenvalue weighted by atomic mass is 19.1. The summed E-state index contributed by atoms with van der Waals surface area (Å²) in [6.07, 6.45) is -1.30. The molecule has 0 unspecified atom stereocenters. The highest BCUT2D eigenvalue weighted by molar-refractivity contribution is 5.30. The monoisotopic (exact) mass is 272 g/mol. The molecule has 19 heavy (non-hydrogen) atoms. The third kappa shape index (κ3) is 5.14. The van der Waals surface area contributed by atoms with Crippen LogP contribution in [0.15, 0.2) is 18.2 Å². The van der Waals surface area contributed by atoms with Gasteiger partial charge in [-0.3, -0.25) is 0 Å². The summed E-state index contributed by atoms with van der Waals surface area (Å²) in [6.45, 7) is 6.47. The summed E-state index contributed by atoms with van der Waals surface area (Å²) in [6, 6.07) is 4.36. The molecule has 1 atom stereocenters. The van der Waals surface area contributed by atoms with Crippen molar-refractivity contribution in [1.82, 2.24) is 0 Å². The van der Waals surface area contributed by atoms with Crippen LogP contribution in [0.25, 0.3) is 0 Å². The molecule has 4 nitrogen and oxygen atoms in total. The number of halogens is 1. The maximum absolute atomic E-state index is 13.6. The second kappa shape index (κ2) is 8.09. The molecule has 0 heterocycles. The Morgan fingerprint density at radius 2 is 1.84 bits per heavy atom. The molecule has 0 aromatic heterocycles. The molecule has 5 heteroatoms. The second-order valence-corrected chi connectivity index (χ2v) is 4.01. The van der Waals surface area contributed by atoms with E-state index in [1.807, 2.05) is 13.8 Å². The third-order valence-electron chi connectivity index (χ3n) is 2.51. The van der Waals surface area contributed by atoms with Crippen LogP contribution in [0.2, 0.25) is 0 Å². The number of hydrogen-bond acceptors (Lipinski definition) is 4. The molecule has 0 fully saturated rings. The third-order valence-corrected chi connectivity index (χ3v) is 2.51. The minimum absolute atomic E-state index is 0.190. The van der Waals surface area contributed by atoms with Gasteiger partial charge in [0.2, 0.25) is 0 Å². The first-order chi connectivity index (χ1) is 9.08. The Morgan fingerprint density at radius 1 is 1.21 bits per heavy atom.